The van der Waals surface area contributed by atoms with Crippen LogP contribution in [0.4, 0.5) is 17.6 Å². The number of hydrogen-bond donors (Lipinski definition) is 1. The Morgan fingerprint density at radius 2 is 1.93 bits per heavy atom. The number of carbonyl (C=O) groups is 1. The molecule has 0 radical (unpaired) electrons. The lowest BCUT2D eigenvalue weighted by molar-refractivity contribution is -0.143. The number of alkyl halides is 3. The van der Waals surface area contributed by atoms with Gasteiger partial charge in [-0.3, -0.25) is 4.79 Å². The number of nitrogens with zero attached hydrogens (tertiary/aromatic N) is 2. The lowest BCUT2D eigenvalue weighted by Crippen LogP contribution is -2.40. The molecule has 0 saturated heterocycles. The first-order chi connectivity index (χ1) is 13.2. The molecule has 2 aliphatic carbocycles. The highest BCUT2D eigenvalue weighted by molar-refractivity contribution is 5.95. The first-order valence-corrected chi connectivity index (χ1v) is 9.46. The predicted molar refractivity (Wildman–Crippen MR) is 94.4 cm³/mol. The highest BCUT2D eigenvalue weighted by Crippen LogP contribution is 2.49. The van der Waals surface area contributed by atoms with Gasteiger partial charge in [0, 0.05) is 6.04 Å². The molecule has 4 rings (SSSR count). The van der Waals surface area contributed by atoms with E-state index in [1.807, 2.05) is 6.92 Å². The molecular weight excluding hydrogens is 374 g/mol. The molecule has 0 aliphatic heterocycles. The number of amides is 1. The molecule has 1 aromatic heterocycles. The van der Waals surface area contributed by atoms with Gasteiger partial charge in [-0.25, -0.2) is 9.07 Å². The molecule has 0 spiro atoms. The molecule has 2 aliphatic rings. The fourth-order valence-electron chi connectivity index (χ4n) is 4.86. The lowest BCUT2D eigenvalue weighted by atomic mass is 9.84. The number of carbonyl (C=O) groups excluding carboxylic acids is 1. The Bertz CT molecular complexity index is 875. The van der Waals surface area contributed by atoms with Crippen molar-refractivity contribution in [2.45, 2.75) is 44.8 Å². The van der Waals surface area contributed by atoms with E-state index >= 15 is 0 Å². The maximum atomic E-state index is 13.7. The third-order valence-electron chi connectivity index (χ3n) is 6.15. The van der Waals surface area contributed by atoms with Crippen molar-refractivity contribution in [1.29, 1.82) is 0 Å². The zero-order valence-electron chi connectivity index (χ0n) is 15.3. The Morgan fingerprint density at radius 1 is 1.21 bits per heavy atom. The summed E-state index contributed by atoms with van der Waals surface area (Å²) in [5, 5.41) is 6.52. The number of nitrogens with one attached hydrogen (secondary N) is 1. The molecule has 1 aromatic carbocycles. The molecule has 150 valence electrons. The summed E-state index contributed by atoms with van der Waals surface area (Å²) in [4.78, 5) is 12.7. The minimum Gasteiger partial charge on any atom is -0.349 e. The van der Waals surface area contributed by atoms with Crippen LogP contribution in [0.15, 0.2) is 30.5 Å². The summed E-state index contributed by atoms with van der Waals surface area (Å²) in [5.74, 6) is 0.188. The van der Waals surface area contributed by atoms with E-state index in [0.29, 0.717) is 22.4 Å². The molecule has 8 heteroatoms. The van der Waals surface area contributed by atoms with Crippen LogP contribution >= 0.6 is 0 Å². The Balaban J connectivity index is 1.60. The van der Waals surface area contributed by atoms with Gasteiger partial charge in [0.2, 0.25) is 0 Å². The number of halogens is 4. The van der Waals surface area contributed by atoms with Crippen LogP contribution in [0.2, 0.25) is 0 Å². The van der Waals surface area contributed by atoms with Gasteiger partial charge < -0.3 is 5.32 Å². The van der Waals surface area contributed by atoms with Crippen molar-refractivity contribution in [2.24, 2.45) is 17.8 Å². The topological polar surface area (TPSA) is 46.9 Å². The molecule has 1 heterocycles. The van der Waals surface area contributed by atoms with Crippen molar-refractivity contribution in [3.05, 3.63) is 47.5 Å². The third kappa shape index (κ3) is 3.40. The molecular formula is C20H21F4N3O. The lowest BCUT2D eigenvalue weighted by Gasteiger charge is -2.28. The van der Waals surface area contributed by atoms with Crippen LogP contribution in [0, 0.1) is 23.6 Å². The summed E-state index contributed by atoms with van der Waals surface area (Å²) in [5.41, 5.74) is -1.64. The third-order valence-corrected chi connectivity index (χ3v) is 6.15. The van der Waals surface area contributed by atoms with E-state index in [9.17, 15) is 22.4 Å². The number of fused-ring (bicyclic) bond motifs is 2. The van der Waals surface area contributed by atoms with Crippen molar-refractivity contribution < 1.29 is 22.4 Å². The van der Waals surface area contributed by atoms with E-state index in [4.69, 9.17) is 0 Å². The average Bonchev–Trinajstić information content (AvgIpc) is 3.36. The minimum absolute atomic E-state index is 0.0360. The quantitative estimate of drug-likeness (QED) is 0.770. The predicted octanol–water partition coefficient (Wildman–Crippen LogP) is 4.58. The zero-order valence-corrected chi connectivity index (χ0v) is 15.3. The van der Waals surface area contributed by atoms with Gasteiger partial charge in [0.1, 0.15) is 5.82 Å². The summed E-state index contributed by atoms with van der Waals surface area (Å²) >= 11 is 0. The zero-order chi connectivity index (χ0) is 20.1. The maximum Gasteiger partial charge on any atom is 0.434 e. The number of hydrogen-bond acceptors (Lipinski definition) is 2. The Hall–Kier alpha value is -2.38. The van der Waals surface area contributed by atoms with Gasteiger partial charge in [-0.2, -0.15) is 18.3 Å². The molecule has 4 atom stereocenters. The van der Waals surface area contributed by atoms with Gasteiger partial charge in [0.25, 0.3) is 5.91 Å². The van der Waals surface area contributed by atoms with E-state index in [-0.39, 0.29) is 11.7 Å². The van der Waals surface area contributed by atoms with Crippen LogP contribution in [0.25, 0.3) is 5.69 Å². The molecule has 2 saturated carbocycles. The normalized spacial score (nSPS) is 25.1. The van der Waals surface area contributed by atoms with Gasteiger partial charge in [-0.05, 0) is 68.2 Å². The summed E-state index contributed by atoms with van der Waals surface area (Å²) < 4.78 is 54.9. The van der Waals surface area contributed by atoms with E-state index in [0.717, 1.165) is 37.6 Å². The van der Waals surface area contributed by atoms with Crippen LogP contribution in [0.1, 0.15) is 48.7 Å². The van der Waals surface area contributed by atoms with Crippen LogP contribution < -0.4 is 5.32 Å². The second kappa shape index (κ2) is 6.90. The standard InChI is InChI=1S/C20H21F4N3O/c1-11(16-9-12-2-3-13(16)8-12)26-19(28)17-10-25-27(18(17)20(22,23)24)15-6-4-14(21)5-7-15/h4-7,10-13,16H,2-3,8-9H2,1H3,(H,26,28)/t11-,12+,13+,16-/m1/s1. The highest BCUT2D eigenvalue weighted by Gasteiger charge is 2.44. The minimum atomic E-state index is -4.78. The molecule has 1 amide bonds. The first-order valence-electron chi connectivity index (χ1n) is 9.46. The average molecular weight is 395 g/mol. The monoisotopic (exact) mass is 395 g/mol. The second-order valence-corrected chi connectivity index (χ2v) is 7.89. The van der Waals surface area contributed by atoms with Crippen molar-refractivity contribution in [2.75, 3.05) is 0 Å². The highest BCUT2D eigenvalue weighted by atomic mass is 19.4. The number of aromatic nitrogens is 2. The Morgan fingerprint density at radius 3 is 2.50 bits per heavy atom. The summed E-state index contributed by atoms with van der Waals surface area (Å²) in [7, 11) is 0. The van der Waals surface area contributed by atoms with E-state index in [2.05, 4.69) is 10.4 Å². The van der Waals surface area contributed by atoms with E-state index < -0.39 is 29.2 Å². The van der Waals surface area contributed by atoms with Gasteiger partial charge in [0.05, 0.1) is 17.4 Å². The van der Waals surface area contributed by atoms with E-state index in [1.165, 1.54) is 18.6 Å². The second-order valence-electron chi connectivity index (χ2n) is 7.89. The van der Waals surface area contributed by atoms with Crippen LogP contribution in [0.5, 0.6) is 0 Å². The van der Waals surface area contributed by atoms with Gasteiger partial charge in [-0.1, -0.05) is 6.42 Å². The van der Waals surface area contributed by atoms with E-state index in [1.54, 1.807) is 0 Å². The largest absolute Gasteiger partial charge is 0.434 e. The number of benzene rings is 1. The molecule has 4 nitrogen and oxygen atoms in total. The first kappa shape index (κ1) is 19.0. The van der Waals surface area contributed by atoms with Gasteiger partial charge >= 0.3 is 6.18 Å². The Labute approximate surface area is 159 Å². The molecule has 1 N–H and O–H groups in total. The molecule has 2 fully saturated rings. The number of rotatable bonds is 4. The summed E-state index contributed by atoms with van der Waals surface area (Å²) in [6, 6.07) is 4.29. The fraction of sp³-hybridized carbons (Fsp3) is 0.500. The molecule has 2 bridgehead atoms. The fourth-order valence-corrected chi connectivity index (χ4v) is 4.86. The van der Waals surface area contributed by atoms with Crippen molar-refractivity contribution in [3.8, 4) is 5.69 Å². The van der Waals surface area contributed by atoms with Crippen molar-refractivity contribution in [1.82, 2.24) is 15.1 Å². The molecule has 28 heavy (non-hydrogen) atoms. The van der Waals surface area contributed by atoms with Crippen LogP contribution in [-0.2, 0) is 6.18 Å². The Kier molecular flexibility index (Phi) is 4.67. The molecule has 2 aromatic rings. The van der Waals surface area contributed by atoms with Crippen molar-refractivity contribution in [3.63, 3.8) is 0 Å². The smallest absolute Gasteiger partial charge is 0.349 e. The van der Waals surface area contributed by atoms with Gasteiger partial charge in [-0.15, -0.1) is 0 Å². The maximum absolute atomic E-state index is 13.7. The van der Waals surface area contributed by atoms with Crippen molar-refractivity contribution >= 4 is 5.91 Å². The molecule has 0 unspecified atom stereocenters. The van der Waals surface area contributed by atoms with Gasteiger partial charge in [0.15, 0.2) is 5.69 Å². The van der Waals surface area contributed by atoms with Crippen LogP contribution in [0.3, 0.4) is 0 Å². The SMILES string of the molecule is C[C@@H](NC(=O)c1cnn(-c2ccc(F)cc2)c1C(F)(F)F)[C@H]1C[C@H]2CC[C@H]1C2. The van der Waals surface area contributed by atoms with Crippen LogP contribution in [-0.4, -0.2) is 21.7 Å². The summed E-state index contributed by atoms with van der Waals surface area (Å²) in [6.45, 7) is 1.86. The summed E-state index contributed by atoms with van der Waals surface area (Å²) in [6.07, 6.45) is 0.660.